The minimum absolute atomic E-state index is 0.101. The quantitative estimate of drug-likeness (QED) is 0.529. The van der Waals surface area contributed by atoms with Gasteiger partial charge in [-0.15, -0.1) is 0 Å². The maximum Gasteiger partial charge on any atom is 0.264 e. The topological polar surface area (TPSA) is 137 Å². The van der Waals surface area contributed by atoms with E-state index in [4.69, 9.17) is 19.4 Å². The van der Waals surface area contributed by atoms with Crippen molar-refractivity contribution in [2.75, 3.05) is 19.9 Å². The van der Waals surface area contributed by atoms with Gasteiger partial charge in [-0.25, -0.2) is 0 Å². The molecule has 1 aliphatic heterocycles. The molecule has 10 heteroatoms. The van der Waals surface area contributed by atoms with Crippen molar-refractivity contribution in [1.29, 1.82) is 0 Å². The first-order valence-electron chi connectivity index (χ1n) is 7.57. The van der Waals surface area contributed by atoms with Crippen molar-refractivity contribution in [3.8, 4) is 0 Å². The molecule has 5 atom stereocenters. The highest BCUT2D eigenvalue weighted by atomic mass is 32.2. The molecule has 1 heterocycles. The lowest BCUT2D eigenvalue weighted by atomic mass is 9.96. The lowest BCUT2D eigenvalue weighted by molar-refractivity contribution is -0.241. The van der Waals surface area contributed by atoms with Gasteiger partial charge in [-0.2, -0.15) is 8.42 Å². The summed E-state index contributed by atoms with van der Waals surface area (Å²) in [5, 5.41) is 12.8. The van der Waals surface area contributed by atoms with Crippen LogP contribution in [0, 0.1) is 0 Å². The zero-order valence-electron chi connectivity index (χ0n) is 13.9. The molecular formula is C15H22N2O7S. The van der Waals surface area contributed by atoms with Crippen molar-refractivity contribution in [1.82, 2.24) is 5.32 Å². The van der Waals surface area contributed by atoms with Crippen molar-refractivity contribution >= 4 is 16.0 Å². The van der Waals surface area contributed by atoms with Crippen molar-refractivity contribution in [3.05, 3.63) is 35.9 Å². The Kier molecular flexibility index (Phi) is 6.49. The number of benzene rings is 1. The molecule has 0 spiro atoms. The normalized spacial score (nSPS) is 30.0. The molecule has 1 amide bonds. The van der Waals surface area contributed by atoms with Crippen LogP contribution in [0.1, 0.15) is 10.4 Å². The highest BCUT2D eigenvalue weighted by Gasteiger charge is 2.48. The van der Waals surface area contributed by atoms with E-state index < -0.39 is 46.7 Å². The van der Waals surface area contributed by atoms with Gasteiger partial charge in [0.15, 0.2) is 6.29 Å². The number of carbonyl (C=O) groups is 1. The molecule has 0 aromatic heterocycles. The number of methoxy groups -OCH3 is 1. The van der Waals surface area contributed by atoms with E-state index in [2.05, 4.69) is 5.32 Å². The monoisotopic (exact) mass is 374 g/mol. The second kappa shape index (κ2) is 8.21. The zero-order valence-corrected chi connectivity index (χ0v) is 14.7. The van der Waals surface area contributed by atoms with Gasteiger partial charge in [0.05, 0.1) is 6.26 Å². The number of aliphatic hydroxyl groups is 1. The third-order valence-corrected chi connectivity index (χ3v) is 4.36. The molecule has 4 N–H and O–H groups in total. The number of amides is 1. The van der Waals surface area contributed by atoms with Gasteiger partial charge in [-0.1, -0.05) is 18.2 Å². The van der Waals surface area contributed by atoms with Gasteiger partial charge >= 0.3 is 0 Å². The molecule has 0 saturated carbocycles. The average Bonchev–Trinajstić information content (AvgIpc) is 2.57. The van der Waals surface area contributed by atoms with E-state index >= 15 is 0 Å². The third-order valence-electron chi connectivity index (χ3n) is 3.79. The Morgan fingerprint density at radius 2 is 1.96 bits per heavy atom. The van der Waals surface area contributed by atoms with E-state index in [1.807, 2.05) is 0 Å². The van der Waals surface area contributed by atoms with Crippen LogP contribution in [-0.4, -0.2) is 70.0 Å². The van der Waals surface area contributed by atoms with E-state index in [-0.39, 0.29) is 6.54 Å². The summed E-state index contributed by atoms with van der Waals surface area (Å²) in [6.07, 6.45) is -3.57. The second-order valence-electron chi connectivity index (χ2n) is 5.63. The Hall–Kier alpha value is -1.56. The fraction of sp³-hybridized carbons (Fsp3) is 0.533. The fourth-order valence-corrected chi connectivity index (χ4v) is 3.32. The summed E-state index contributed by atoms with van der Waals surface area (Å²) in [6.45, 7) is -0.101. The summed E-state index contributed by atoms with van der Waals surface area (Å²) in [5.74, 6) is -0.473. The Morgan fingerprint density at radius 1 is 1.32 bits per heavy atom. The minimum Gasteiger partial charge on any atom is -0.376 e. The lowest BCUT2D eigenvalue weighted by Crippen LogP contribution is -2.66. The highest BCUT2D eigenvalue weighted by Crippen LogP contribution is 2.25. The highest BCUT2D eigenvalue weighted by molar-refractivity contribution is 7.86. The molecule has 1 saturated heterocycles. The fourth-order valence-electron chi connectivity index (χ4n) is 2.69. The predicted molar refractivity (Wildman–Crippen MR) is 88.1 cm³/mol. The molecule has 1 aliphatic rings. The van der Waals surface area contributed by atoms with E-state index in [0.717, 1.165) is 6.26 Å². The number of carbonyl (C=O) groups excluding carboxylic acids is 1. The van der Waals surface area contributed by atoms with Crippen molar-refractivity contribution in [2.45, 2.75) is 30.6 Å². The summed E-state index contributed by atoms with van der Waals surface area (Å²) in [6, 6.07) is 7.29. The van der Waals surface area contributed by atoms with Gasteiger partial charge < -0.3 is 25.6 Å². The molecule has 0 radical (unpaired) electrons. The number of nitrogens with one attached hydrogen (secondary N) is 1. The number of nitrogens with two attached hydrogens (primary N) is 1. The standard InChI is InChI=1S/C15H22N2O7S/c1-22-13-11(17-14(18)9-6-4-3-5-7-9)15(19)23-10(8-16)12(13)24-25(2,20)21/h3-7,10-13,15,19H,8,16H2,1-2H3,(H,17,18)/t10-,11-,12-,13-,15-/m1/s1. The first-order valence-corrected chi connectivity index (χ1v) is 9.39. The van der Waals surface area contributed by atoms with Gasteiger partial charge in [-0.05, 0) is 12.1 Å². The third kappa shape index (κ3) is 4.97. The van der Waals surface area contributed by atoms with Crippen LogP contribution in [-0.2, 0) is 23.8 Å². The number of rotatable bonds is 6. The number of ether oxygens (including phenoxy) is 2. The van der Waals surface area contributed by atoms with E-state index in [0.29, 0.717) is 5.56 Å². The molecule has 0 unspecified atom stereocenters. The molecule has 140 valence electrons. The van der Waals surface area contributed by atoms with Gasteiger partial charge in [0, 0.05) is 19.2 Å². The van der Waals surface area contributed by atoms with Gasteiger partial charge in [-0.3, -0.25) is 8.98 Å². The van der Waals surface area contributed by atoms with Crippen LogP contribution in [0.3, 0.4) is 0 Å². The average molecular weight is 374 g/mol. The Balaban J connectivity index is 2.24. The Morgan fingerprint density at radius 3 is 2.48 bits per heavy atom. The number of hydrogen-bond acceptors (Lipinski definition) is 8. The van der Waals surface area contributed by atoms with E-state index in [9.17, 15) is 18.3 Å². The largest absolute Gasteiger partial charge is 0.376 e. The van der Waals surface area contributed by atoms with Crippen LogP contribution in [0.4, 0.5) is 0 Å². The summed E-state index contributed by atoms with van der Waals surface area (Å²) < 4.78 is 38.7. The SMILES string of the molecule is CO[C@@H]1[C@@H](NC(=O)c2ccccc2)[C@H](O)O[C@H](CN)[C@H]1OS(C)(=O)=O. The number of hydrogen-bond donors (Lipinski definition) is 3. The second-order valence-corrected chi connectivity index (χ2v) is 7.23. The first kappa shape index (κ1) is 19.8. The summed E-state index contributed by atoms with van der Waals surface area (Å²) in [7, 11) is -2.53. The van der Waals surface area contributed by atoms with Crippen molar-refractivity contribution < 1.29 is 32.0 Å². The molecule has 1 fully saturated rings. The van der Waals surface area contributed by atoms with Crippen LogP contribution < -0.4 is 11.1 Å². The van der Waals surface area contributed by atoms with Crippen molar-refractivity contribution in [2.24, 2.45) is 5.73 Å². The smallest absolute Gasteiger partial charge is 0.264 e. The summed E-state index contributed by atoms with van der Waals surface area (Å²) >= 11 is 0. The number of aliphatic hydroxyl groups excluding tert-OH is 1. The molecular weight excluding hydrogens is 352 g/mol. The molecule has 0 bridgehead atoms. The van der Waals surface area contributed by atoms with Crippen LogP contribution in [0.5, 0.6) is 0 Å². The van der Waals surface area contributed by atoms with Crippen LogP contribution in [0.15, 0.2) is 30.3 Å². The summed E-state index contributed by atoms with van der Waals surface area (Å²) in [4.78, 5) is 12.3. The van der Waals surface area contributed by atoms with Gasteiger partial charge in [0.2, 0.25) is 0 Å². The van der Waals surface area contributed by atoms with Crippen LogP contribution in [0.2, 0.25) is 0 Å². The van der Waals surface area contributed by atoms with Crippen molar-refractivity contribution in [3.63, 3.8) is 0 Å². The van der Waals surface area contributed by atoms with Gasteiger partial charge in [0.25, 0.3) is 16.0 Å². The summed E-state index contributed by atoms with van der Waals surface area (Å²) in [5.41, 5.74) is 5.94. The zero-order chi connectivity index (χ0) is 18.6. The molecule has 0 aliphatic carbocycles. The van der Waals surface area contributed by atoms with E-state index in [1.54, 1.807) is 30.3 Å². The van der Waals surface area contributed by atoms with Crippen LogP contribution in [0.25, 0.3) is 0 Å². The maximum atomic E-state index is 12.3. The molecule has 2 rings (SSSR count). The molecule has 9 nitrogen and oxygen atoms in total. The predicted octanol–water partition coefficient (Wildman–Crippen LogP) is -1.18. The Labute approximate surface area is 146 Å². The molecule has 1 aromatic carbocycles. The maximum absolute atomic E-state index is 12.3. The first-order chi connectivity index (χ1) is 11.8. The van der Waals surface area contributed by atoms with E-state index in [1.165, 1.54) is 7.11 Å². The minimum atomic E-state index is -3.84. The molecule has 25 heavy (non-hydrogen) atoms. The van der Waals surface area contributed by atoms with Crippen LogP contribution >= 0.6 is 0 Å². The lowest BCUT2D eigenvalue weighted by Gasteiger charge is -2.43. The Bertz CT molecular complexity index is 682. The molecule has 1 aromatic rings. The van der Waals surface area contributed by atoms with Gasteiger partial charge in [0.1, 0.15) is 24.4 Å².